The third-order valence-corrected chi connectivity index (χ3v) is 3.52. The number of nitrogens with one attached hydrogen (secondary N) is 2. The number of carbonyl (C=O) groups is 1. The first-order valence-electron chi connectivity index (χ1n) is 5.59. The summed E-state index contributed by atoms with van der Waals surface area (Å²) in [6, 6.07) is 5.58. The third kappa shape index (κ3) is 4.89. The van der Waals surface area contributed by atoms with Gasteiger partial charge in [0, 0.05) is 14.7 Å². The fourth-order valence-electron chi connectivity index (χ4n) is 1.28. The minimum absolute atomic E-state index is 0.161. The van der Waals surface area contributed by atoms with E-state index < -0.39 is 0 Å². The van der Waals surface area contributed by atoms with E-state index >= 15 is 0 Å². The number of hydrogen-bond donors (Lipinski definition) is 2. The minimum Gasteiger partial charge on any atom is -0.358 e. The standard InChI is InChI=1S/C13H17IN2OS/c1-8-5-6-9(7-10(8)14)11(17)15-12(18)16-13(2,3)4/h5-7H,1-4H3,(H2,15,16,17,18). The molecule has 0 bridgehead atoms. The summed E-state index contributed by atoms with van der Waals surface area (Å²) in [6.07, 6.45) is 0. The lowest BCUT2D eigenvalue weighted by atomic mass is 10.1. The van der Waals surface area contributed by atoms with Crippen molar-refractivity contribution in [2.24, 2.45) is 0 Å². The maximum absolute atomic E-state index is 12.0. The molecule has 0 fully saturated rings. The van der Waals surface area contributed by atoms with Crippen molar-refractivity contribution in [3.8, 4) is 0 Å². The summed E-state index contributed by atoms with van der Waals surface area (Å²) in [5, 5.41) is 6.07. The normalized spacial score (nSPS) is 10.9. The lowest BCUT2D eigenvalue weighted by Gasteiger charge is -2.22. The summed E-state index contributed by atoms with van der Waals surface area (Å²) >= 11 is 7.30. The Hall–Kier alpha value is -0.690. The summed E-state index contributed by atoms with van der Waals surface area (Å²) in [4.78, 5) is 12.0. The van der Waals surface area contributed by atoms with Crippen molar-refractivity contribution in [1.82, 2.24) is 10.6 Å². The second-order valence-electron chi connectivity index (χ2n) is 5.12. The average Bonchev–Trinajstić information content (AvgIpc) is 2.18. The lowest BCUT2D eigenvalue weighted by molar-refractivity contribution is 0.0976. The van der Waals surface area contributed by atoms with Crippen LogP contribution in [0.25, 0.3) is 0 Å². The largest absolute Gasteiger partial charge is 0.358 e. The van der Waals surface area contributed by atoms with Crippen LogP contribution in [0, 0.1) is 10.5 Å². The van der Waals surface area contributed by atoms with E-state index in [4.69, 9.17) is 12.2 Å². The number of carbonyl (C=O) groups excluding carboxylic acids is 1. The molecule has 1 amide bonds. The van der Waals surface area contributed by atoms with Gasteiger partial charge in [0.2, 0.25) is 0 Å². The Morgan fingerprint density at radius 1 is 1.33 bits per heavy atom. The molecule has 0 aliphatic carbocycles. The Morgan fingerprint density at radius 3 is 2.44 bits per heavy atom. The smallest absolute Gasteiger partial charge is 0.257 e. The Labute approximate surface area is 127 Å². The predicted octanol–water partition coefficient (Wildman–Crippen LogP) is 3.00. The molecule has 1 aromatic carbocycles. The van der Waals surface area contributed by atoms with Crippen molar-refractivity contribution in [1.29, 1.82) is 0 Å². The molecule has 0 saturated heterocycles. The number of thiocarbonyl (C=S) groups is 1. The monoisotopic (exact) mass is 376 g/mol. The van der Waals surface area contributed by atoms with E-state index in [1.807, 2.05) is 39.8 Å². The van der Waals surface area contributed by atoms with Gasteiger partial charge in [-0.1, -0.05) is 6.07 Å². The van der Waals surface area contributed by atoms with Crippen LogP contribution < -0.4 is 10.6 Å². The van der Waals surface area contributed by atoms with Crippen LogP contribution in [0.15, 0.2) is 18.2 Å². The summed E-state index contributed by atoms with van der Waals surface area (Å²) in [5.74, 6) is -0.185. The molecule has 0 heterocycles. The molecule has 3 nitrogen and oxygen atoms in total. The summed E-state index contributed by atoms with van der Waals surface area (Å²) < 4.78 is 1.06. The van der Waals surface area contributed by atoms with E-state index in [0.717, 1.165) is 9.13 Å². The fourth-order valence-corrected chi connectivity index (χ4v) is 2.20. The van der Waals surface area contributed by atoms with Gasteiger partial charge in [-0.15, -0.1) is 0 Å². The van der Waals surface area contributed by atoms with E-state index in [9.17, 15) is 4.79 Å². The zero-order valence-corrected chi connectivity index (χ0v) is 13.9. The Kier molecular flexibility index (Phi) is 5.10. The summed E-state index contributed by atoms with van der Waals surface area (Å²) in [6.45, 7) is 7.97. The molecule has 1 rings (SSSR count). The number of amides is 1. The molecule has 0 atom stereocenters. The molecular formula is C13H17IN2OS. The highest BCUT2D eigenvalue weighted by molar-refractivity contribution is 14.1. The molecular weight excluding hydrogens is 359 g/mol. The van der Waals surface area contributed by atoms with Crippen molar-refractivity contribution in [3.63, 3.8) is 0 Å². The van der Waals surface area contributed by atoms with Crippen molar-refractivity contribution in [3.05, 3.63) is 32.9 Å². The van der Waals surface area contributed by atoms with Gasteiger partial charge in [0.05, 0.1) is 0 Å². The highest BCUT2D eigenvalue weighted by Crippen LogP contribution is 2.13. The third-order valence-electron chi connectivity index (χ3n) is 2.15. The average molecular weight is 376 g/mol. The molecule has 0 spiro atoms. The maximum Gasteiger partial charge on any atom is 0.257 e. The SMILES string of the molecule is Cc1ccc(C(=O)NC(=S)NC(C)(C)C)cc1I. The van der Waals surface area contributed by atoms with Crippen LogP contribution >= 0.6 is 34.8 Å². The molecule has 0 aliphatic rings. The van der Waals surface area contributed by atoms with Crippen LogP contribution in [-0.4, -0.2) is 16.6 Å². The van der Waals surface area contributed by atoms with E-state index in [1.165, 1.54) is 0 Å². The molecule has 1 aromatic rings. The molecule has 98 valence electrons. The molecule has 5 heteroatoms. The summed E-state index contributed by atoms with van der Waals surface area (Å²) in [5.41, 5.74) is 1.61. The molecule has 0 radical (unpaired) electrons. The fraction of sp³-hybridized carbons (Fsp3) is 0.385. The molecule has 0 aromatic heterocycles. The molecule has 0 saturated carbocycles. The van der Waals surface area contributed by atoms with Crippen molar-refractivity contribution < 1.29 is 4.79 Å². The van der Waals surface area contributed by atoms with Gasteiger partial charge in [-0.3, -0.25) is 10.1 Å². The first-order chi connectivity index (χ1) is 8.19. The topological polar surface area (TPSA) is 41.1 Å². The van der Waals surface area contributed by atoms with Gasteiger partial charge < -0.3 is 5.32 Å². The lowest BCUT2D eigenvalue weighted by Crippen LogP contribution is -2.48. The molecule has 0 unspecified atom stereocenters. The van der Waals surface area contributed by atoms with E-state index in [1.54, 1.807) is 6.07 Å². The highest BCUT2D eigenvalue weighted by atomic mass is 127. The number of halogens is 1. The van der Waals surface area contributed by atoms with Gasteiger partial charge in [0.25, 0.3) is 5.91 Å². The molecule has 18 heavy (non-hydrogen) atoms. The van der Waals surface area contributed by atoms with Crippen LogP contribution in [0.5, 0.6) is 0 Å². The van der Waals surface area contributed by atoms with Crippen LogP contribution in [0.3, 0.4) is 0 Å². The number of benzene rings is 1. The van der Waals surface area contributed by atoms with Crippen molar-refractivity contribution in [2.45, 2.75) is 33.2 Å². The Bertz CT molecular complexity index is 480. The van der Waals surface area contributed by atoms with Gasteiger partial charge in [-0.05, 0) is 80.2 Å². The van der Waals surface area contributed by atoms with Gasteiger partial charge in [-0.2, -0.15) is 0 Å². The van der Waals surface area contributed by atoms with E-state index in [0.29, 0.717) is 10.7 Å². The number of rotatable bonds is 1. The number of aryl methyl sites for hydroxylation is 1. The van der Waals surface area contributed by atoms with Gasteiger partial charge in [0.1, 0.15) is 0 Å². The van der Waals surface area contributed by atoms with Crippen LogP contribution in [-0.2, 0) is 0 Å². The van der Waals surface area contributed by atoms with E-state index in [-0.39, 0.29) is 11.4 Å². The first-order valence-corrected chi connectivity index (χ1v) is 7.07. The minimum atomic E-state index is -0.185. The maximum atomic E-state index is 12.0. The zero-order valence-electron chi connectivity index (χ0n) is 10.9. The quantitative estimate of drug-likeness (QED) is 0.585. The summed E-state index contributed by atoms with van der Waals surface area (Å²) in [7, 11) is 0. The molecule has 0 aliphatic heterocycles. The highest BCUT2D eigenvalue weighted by Gasteiger charge is 2.14. The predicted molar refractivity (Wildman–Crippen MR) is 86.8 cm³/mol. The van der Waals surface area contributed by atoms with Crippen LogP contribution in [0.1, 0.15) is 36.7 Å². The van der Waals surface area contributed by atoms with Gasteiger partial charge >= 0.3 is 0 Å². The first kappa shape index (κ1) is 15.4. The van der Waals surface area contributed by atoms with Crippen LogP contribution in [0.4, 0.5) is 0 Å². The van der Waals surface area contributed by atoms with E-state index in [2.05, 4.69) is 33.2 Å². The van der Waals surface area contributed by atoms with Crippen molar-refractivity contribution >= 4 is 45.8 Å². The van der Waals surface area contributed by atoms with Gasteiger partial charge in [-0.25, -0.2) is 0 Å². The Balaban J connectivity index is 2.71. The second-order valence-corrected chi connectivity index (χ2v) is 6.69. The number of hydrogen-bond acceptors (Lipinski definition) is 2. The zero-order chi connectivity index (χ0) is 13.9. The Morgan fingerprint density at radius 2 is 1.94 bits per heavy atom. The van der Waals surface area contributed by atoms with Crippen molar-refractivity contribution in [2.75, 3.05) is 0 Å². The molecule has 2 N–H and O–H groups in total. The van der Waals surface area contributed by atoms with Gasteiger partial charge in [0.15, 0.2) is 5.11 Å². The van der Waals surface area contributed by atoms with Crippen LogP contribution in [0.2, 0.25) is 0 Å². The second kappa shape index (κ2) is 5.97.